The van der Waals surface area contributed by atoms with E-state index >= 15 is 0 Å². The Kier molecular flexibility index (Phi) is 4.99. The van der Waals surface area contributed by atoms with E-state index < -0.39 is 0 Å². The molecular weight excluding hydrogens is 326 g/mol. The number of benzene rings is 1. The Labute approximate surface area is 124 Å². The van der Waals surface area contributed by atoms with Crippen LogP contribution in [0.2, 0.25) is 0 Å². The van der Waals surface area contributed by atoms with Crippen LogP contribution in [-0.4, -0.2) is 12.5 Å². The van der Waals surface area contributed by atoms with Gasteiger partial charge in [0.05, 0.1) is 16.0 Å². The van der Waals surface area contributed by atoms with Gasteiger partial charge in [0.2, 0.25) is 0 Å². The number of halogens is 1. The summed E-state index contributed by atoms with van der Waals surface area (Å²) in [4.78, 5) is 12.0. The highest BCUT2D eigenvalue weighted by Gasteiger charge is 2.08. The topological polar surface area (TPSA) is 38.3 Å². The number of carbonyl (C=O) groups is 1. The van der Waals surface area contributed by atoms with Crippen LogP contribution in [-0.2, 0) is 0 Å². The number of rotatable bonds is 5. The number of hydrogen-bond acceptors (Lipinski definition) is 3. The van der Waals surface area contributed by atoms with Crippen LogP contribution in [0.5, 0.6) is 5.75 Å². The van der Waals surface area contributed by atoms with E-state index in [1.807, 2.05) is 29.6 Å². The lowest BCUT2D eigenvalue weighted by Gasteiger charge is -2.07. The standard InChI is InChI=1S/C14H14BrNO2S/c1-2-6-18-12-5-3-4-11(8-12)16-14(17)10-7-13(15)19-9-10/h3-5,7-9H,2,6H2,1H3,(H,16,17). The fourth-order valence-electron chi connectivity index (χ4n) is 1.52. The molecule has 0 spiro atoms. The average molecular weight is 340 g/mol. The van der Waals surface area contributed by atoms with Gasteiger partial charge in [0, 0.05) is 17.1 Å². The quantitative estimate of drug-likeness (QED) is 0.867. The molecule has 0 saturated carbocycles. The Hall–Kier alpha value is -1.33. The molecule has 5 heteroatoms. The molecule has 0 atom stereocenters. The molecule has 0 fully saturated rings. The molecule has 0 aliphatic rings. The predicted octanol–water partition coefficient (Wildman–Crippen LogP) is 4.55. The largest absolute Gasteiger partial charge is 0.494 e. The van der Waals surface area contributed by atoms with Crippen LogP contribution < -0.4 is 10.1 Å². The van der Waals surface area contributed by atoms with Gasteiger partial charge in [-0.2, -0.15) is 0 Å². The minimum atomic E-state index is -0.116. The Balaban J connectivity index is 2.04. The summed E-state index contributed by atoms with van der Waals surface area (Å²) in [5, 5.41) is 4.67. The number of carbonyl (C=O) groups excluding carboxylic acids is 1. The van der Waals surface area contributed by atoms with E-state index in [9.17, 15) is 4.79 Å². The summed E-state index contributed by atoms with van der Waals surface area (Å²) in [6.45, 7) is 2.73. The molecule has 0 saturated heterocycles. The molecule has 0 unspecified atom stereocenters. The van der Waals surface area contributed by atoms with Gasteiger partial charge >= 0.3 is 0 Å². The monoisotopic (exact) mass is 339 g/mol. The lowest BCUT2D eigenvalue weighted by Crippen LogP contribution is -2.10. The highest BCUT2D eigenvalue weighted by molar-refractivity contribution is 9.11. The van der Waals surface area contributed by atoms with Crippen molar-refractivity contribution in [2.24, 2.45) is 0 Å². The number of anilines is 1. The van der Waals surface area contributed by atoms with Crippen LogP contribution in [0.3, 0.4) is 0 Å². The zero-order chi connectivity index (χ0) is 13.7. The second-order valence-electron chi connectivity index (χ2n) is 3.97. The summed E-state index contributed by atoms with van der Waals surface area (Å²) >= 11 is 4.83. The van der Waals surface area contributed by atoms with Crippen molar-refractivity contribution >= 4 is 38.9 Å². The van der Waals surface area contributed by atoms with Gasteiger partial charge in [-0.3, -0.25) is 4.79 Å². The summed E-state index contributed by atoms with van der Waals surface area (Å²) in [5.41, 5.74) is 1.39. The van der Waals surface area contributed by atoms with E-state index in [1.54, 1.807) is 6.07 Å². The highest BCUT2D eigenvalue weighted by Crippen LogP contribution is 2.22. The second-order valence-corrected chi connectivity index (χ2v) is 6.26. The smallest absolute Gasteiger partial charge is 0.256 e. The first-order valence-corrected chi connectivity index (χ1v) is 7.64. The number of nitrogens with one attached hydrogen (secondary N) is 1. The minimum Gasteiger partial charge on any atom is -0.494 e. The van der Waals surface area contributed by atoms with Crippen molar-refractivity contribution in [1.29, 1.82) is 0 Å². The predicted molar refractivity (Wildman–Crippen MR) is 82.2 cm³/mol. The molecule has 100 valence electrons. The summed E-state index contributed by atoms with van der Waals surface area (Å²) < 4.78 is 6.47. The normalized spacial score (nSPS) is 10.2. The summed E-state index contributed by atoms with van der Waals surface area (Å²) in [5.74, 6) is 0.653. The van der Waals surface area contributed by atoms with Crippen molar-refractivity contribution in [3.05, 3.63) is 45.1 Å². The fourth-order valence-corrected chi connectivity index (χ4v) is 2.65. The van der Waals surface area contributed by atoms with E-state index in [-0.39, 0.29) is 5.91 Å². The SMILES string of the molecule is CCCOc1cccc(NC(=O)c2csc(Br)c2)c1. The van der Waals surface area contributed by atoms with Crippen molar-refractivity contribution in [3.8, 4) is 5.75 Å². The average Bonchev–Trinajstić information content (AvgIpc) is 2.83. The van der Waals surface area contributed by atoms with Gasteiger partial charge in [-0.1, -0.05) is 13.0 Å². The Morgan fingerprint density at radius 2 is 2.26 bits per heavy atom. The van der Waals surface area contributed by atoms with Gasteiger partial charge in [-0.15, -0.1) is 11.3 Å². The van der Waals surface area contributed by atoms with E-state index in [4.69, 9.17) is 4.74 Å². The molecule has 19 heavy (non-hydrogen) atoms. The third-order valence-electron chi connectivity index (χ3n) is 2.39. The zero-order valence-corrected chi connectivity index (χ0v) is 12.9. The van der Waals surface area contributed by atoms with E-state index in [0.717, 1.165) is 21.6 Å². The van der Waals surface area contributed by atoms with Crippen molar-refractivity contribution in [3.63, 3.8) is 0 Å². The second kappa shape index (κ2) is 6.73. The van der Waals surface area contributed by atoms with Crippen LogP contribution >= 0.6 is 27.3 Å². The fraction of sp³-hybridized carbons (Fsp3) is 0.214. The van der Waals surface area contributed by atoms with E-state index in [2.05, 4.69) is 28.2 Å². The number of ether oxygens (including phenoxy) is 1. The third-order valence-corrected chi connectivity index (χ3v) is 3.90. The Bertz CT molecular complexity index is 568. The van der Waals surface area contributed by atoms with Gasteiger partial charge in [0.15, 0.2) is 0 Å². The number of amides is 1. The van der Waals surface area contributed by atoms with Crippen molar-refractivity contribution in [2.75, 3.05) is 11.9 Å². The Morgan fingerprint density at radius 1 is 1.42 bits per heavy atom. The van der Waals surface area contributed by atoms with Crippen molar-refractivity contribution in [1.82, 2.24) is 0 Å². The Morgan fingerprint density at radius 3 is 2.95 bits per heavy atom. The zero-order valence-electron chi connectivity index (χ0n) is 10.5. The van der Waals surface area contributed by atoms with Crippen LogP contribution in [0.1, 0.15) is 23.7 Å². The summed E-state index contributed by atoms with van der Waals surface area (Å²) in [7, 11) is 0. The van der Waals surface area contributed by atoms with E-state index in [1.165, 1.54) is 11.3 Å². The van der Waals surface area contributed by atoms with Gasteiger partial charge in [-0.05, 0) is 40.5 Å². The molecule has 2 aromatic rings. The van der Waals surface area contributed by atoms with Crippen LogP contribution in [0, 0.1) is 0 Å². The molecule has 1 N–H and O–H groups in total. The first-order valence-electron chi connectivity index (χ1n) is 5.97. The first kappa shape index (κ1) is 14.1. The van der Waals surface area contributed by atoms with Gasteiger partial charge < -0.3 is 10.1 Å². The summed E-state index contributed by atoms with van der Waals surface area (Å²) in [6.07, 6.45) is 0.958. The molecule has 0 radical (unpaired) electrons. The van der Waals surface area contributed by atoms with Crippen LogP contribution in [0.15, 0.2) is 39.5 Å². The molecule has 1 heterocycles. The number of hydrogen-bond donors (Lipinski definition) is 1. The van der Waals surface area contributed by atoms with E-state index in [0.29, 0.717) is 12.2 Å². The maximum absolute atomic E-state index is 12.0. The maximum atomic E-state index is 12.0. The molecule has 0 bridgehead atoms. The molecule has 1 aromatic heterocycles. The van der Waals surface area contributed by atoms with Crippen LogP contribution in [0.25, 0.3) is 0 Å². The van der Waals surface area contributed by atoms with Crippen molar-refractivity contribution < 1.29 is 9.53 Å². The van der Waals surface area contributed by atoms with Gasteiger partial charge in [-0.25, -0.2) is 0 Å². The lowest BCUT2D eigenvalue weighted by atomic mass is 10.2. The maximum Gasteiger partial charge on any atom is 0.256 e. The lowest BCUT2D eigenvalue weighted by molar-refractivity contribution is 0.102. The highest BCUT2D eigenvalue weighted by atomic mass is 79.9. The molecule has 2 rings (SSSR count). The van der Waals surface area contributed by atoms with Crippen LogP contribution in [0.4, 0.5) is 5.69 Å². The summed E-state index contributed by atoms with van der Waals surface area (Å²) in [6, 6.07) is 9.22. The molecule has 0 aliphatic carbocycles. The molecular formula is C14H14BrNO2S. The third kappa shape index (κ3) is 4.08. The number of thiophene rings is 1. The minimum absolute atomic E-state index is 0.116. The molecule has 3 nitrogen and oxygen atoms in total. The molecule has 1 amide bonds. The molecule has 1 aromatic carbocycles. The van der Waals surface area contributed by atoms with Gasteiger partial charge in [0.25, 0.3) is 5.91 Å². The first-order chi connectivity index (χ1) is 9.19. The van der Waals surface area contributed by atoms with Gasteiger partial charge in [0.1, 0.15) is 5.75 Å². The van der Waals surface area contributed by atoms with Crippen molar-refractivity contribution in [2.45, 2.75) is 13.3 Å². The molecule has 0 aliphatic heterocycles.